The molecule has 0 amide bonds. The highest BCUT2D eigenvalue weighted by atomic mass is 35.5. The molecular weight excluding hydrogens is 424 g/mol. The molecule has 2 aliphatic heterocycles. The van der Waals surface area contributed by atoms with Crippen LogP contribution in [0.1, 0.15) is 22.8 Å². The van der Waals surface area contributed by atoms with Crippen molar-refractivity contribution in [2.24, 2.45) is 5.92 Å². The number of halogens is 1. The zero-order chi connectivity index (χ0) is 22.0. The molecule has 5 atom stereocenters. The number of ether oxygens (including phenoxy) is 3. The minimum atomic E-state index is -1.42. The van der Waals surface area contributed by atoms with Crippen molar-refractivity contribution in [1.29, 1.82) is 0 Å². The van der Waals surface area contributed by atoms with Gasteiger partial charge in [-0.25, -0.2) is 0 Å². The quantitative estimate of drug-likeness (QED) is 0.506. The first-order chi connectivity index (χ1) is 15.0. The molecule has 0 spiro atoms. The van der Waals surface area contributed by atoms with Crippen LogP contribution in [0.25, 0.3) is 0 Å². The van der Waals surface area contributed by atoms with Crippen molar-refractivity contribution in [2.45, 2.75) is 36.9 Å². The number of benzene rings is 2. The first kappa shape index (κ1) is 22.5. The van der Waals surface area contributed by atoms with Gasteiger partial charge in [0.25, 0.3) is 0 Å². The van der Waals surface area contributed by atoms with Gasteiger partial charge in [0.1, 0.15) is 36.3 Å². The van der Waals surface area contributed by atoms with Crippen molar-refractivity contribution >= 4 is 11.6 Å². The van der Waals surface area contributed by atoms with Crippen LogP contribution in [0, 0.1) is 5.92 Å². The molecule has 31 heavy (non-hydrogen) atoms. The summed E-state index contributed by atoms with van der Waals surface area (Å²) in [4.78, 5) is 0. The average molecular weight is 451 g/mol. The van der Waals surface area contributed by atoms with Gasteiger partial charge in [-0.15, -0.1) is 0 Å². The lowest BCUT2D eigenvalue weighted by molar-refractivity contribution is -0.231. The van der Waals surface area contributed by atoms with E-state index in [-0.39, 0.29) is 0 Å². The first-order valence-electron chi connectivity index (χ1n) is 10.3. The predicted molar refractivity (Wildman–Crippen MR) is 113 cm³/mol. The molecule has 2 saturated heterocycles. The minimum Gasteiger partial charge on any atom is -0.493 e. The third kappa shape index (κ3) is 5.04. The maximum Gasteiger partial charge on any atom is 0.119 e. The SMILES string of the molecule is OCC1O[C@@H](c2ccc(Cl)c(Cc3ccc(OCC4COC4)cc3)c2)[C@H](O)[C@@H](O)[C@@H]1O. The number of hydrogen-bond donors (Lipinski definition) is 4. The molecule has 7 nitrogen and oxygen atoms in total. The summed E-state index contributed by atoms with van der Waals surface area (Å²) in [7, 11) is 0. The van der Waals surface area contributed by atoms with E-state index in [1.165, 1.54) is 0 Å². The highest BCUT2D eigenvalue weighted by molar-refractivity contribution is 6.31. The van der Waals surface area contributed by atoms with Gasteiger partial charge in [-0.3, -0.25) is 0 Å². The van der Waals surface area contributed by atoms with Crippen LogP contribution in [-0.2, 0) is 15.9 Å². The Bertz CT molecular complexity index is 869. The number of aliphatic hydroxyl groups is 4. The van der Waals surface area contributed by atoms with E-state index in [1.807, 2.05) is 30.3 Å². The van der Waals surface area contributed by atoms with Gasteiger partial charge in [0.05, 0.1) is 26.4 Å². The monoisotopic (exact) mass is 450 g/mol. The highest BCUT2D eigenvalue weighted by Gasteiger charge is 2.44. The Kier molecular flexibility index (Phi) is 7.13. The van der Waals surface area contributed by atoms with Crippen LogP contribution in [0.15, 0.2) is 42.5 Å². The van der Waals surface area contributed by atoms with Gasteiger partial charge in [0, 0.05) is 10.9 Å². The van der Waals surface area contributed by atoms with Crippen LogP contribution in [0.2, 0.25) is 5.02 Å². The van der Waals surface area contributed by atoms with Crippen molar-refractivity contribution in [3.63, 3.8) is 0 Å². The van der Waals surface area contributed by atoms with E-state index >= 15 is 0 Å². The molecule has 0 radical (unpaired) electrons. The molecular formula is C23H27ClO7. The molecule has 2 heterocycles. The van der Waals surface area contributed by atoms with E-state index in [0.717, 1.165) is 30.1 Å². The lowest BCUT2D eigenvalue weighted by atomic mass is 9.90. The third-order valence-electron chi connectivity index (χ3n) is 5.80. The lowest BCUT2D eigenvalue weighted by Crippen LogP contribution is -2.55. The van der Waals surface area contributed by atoms with E-state index in [9.17, 15) is 20.4 Å². The van der Waals surface area contributed by atoms with Crippen LogP contribution >= 0.6 is 11.6 Å². The van der Waals surface area contributed by atoms with Gasteiger partial charge in [-0.2, -0.15) is 0 Å². The Balaban J connectivity index is 1.46. The van der Waals surface area contributed by atoms with E-state index in [1.54, 1.807) is 12.1 Å². The minimum absolute atomic E-state index is 0.462. The van der Waals surface area contributed by atoms with E-state index in [4.69, 9.17) is 25.8 Å². The maximum atomic E-state index is 10.4. The second-order valence-electron chi connectivity index (χ2n) is 8.14. The summed E-state index contributed by atoms with van der Waals surface area (Å²) < 4.78 is 16.6. The molecule has 0 aromatic heterocycles. The van der Waals surface area contributed by atoms with Gasteiger partial charge < -0.3 is 34.6 Å². The molecule has 2 fully saturated rings. The normalized spacial score (nSPS) is 28.9. The number of rotatable bonds is 7. The summed E-state index contributed by atoms with van der Waals surface area (Å²) in [5.74, 6) is 1.26. The second kappa shape index (κ2) is 9.83. The topological polar surface area (TPSA) is 109 Å². The van der Waals surface area contributed by atoms with Crippen molar-refractivity contribution in [1.82, 2.24) is 0 Å². The fourth-order valence-electron chi connectivity index (χ4n) is 3.80. The van der Waals surface area contributed by atoms with Crippen molar-refractivity contribution in [2.75, 3.05) is 26.4 Å². The number of hydrogen-bond acceptors (Lipinski definition) is 7. The third-order valence-corrected chi connectivity index (χ3v) is 6.17. The van der Waals surface area contributed by atoms with Gasteiger partial charge in [0.15, 0.2) is 0 Å². The zero-order valence-electron chi connectivity index (χ0n) is 16.9. The second-order valence-corrected chi connectivity index (χ2v) is 8.54. The largest absolute Gasteiger partial charge is 0.493 e. The number of aliphatic hydroxyl groups excluding tert-OH is 4. The molecule has 2 aromatic rings. The Morgan fingerprint density at radius 3 is 2.35 bits per heavy atom. The van der Waals surface area contributed by atoms with Gasteiger partial charge >= 0.3 is 0 Å². The highest BCUT2D eigenvalue weighted by Crippen LogP contribution is 2.34. The Hall–Kier alpha value is -1.71. The lowest BCUT2D eigenvalue weighted by Gasteiger charge is -2.40. The van der Waals surface area contributed by atoms with Crippen LogP contribution in [0.3, 0.4) is 0 Å². The summed E-state index contributed by atoms with van der Waals surface area (Å²) in [6, 6.07) is 13.0. The van der Waals surface area contributed by atoms with Gasteiger partial charge in [-0.1, -0.05) is 35.9 Å². The first-order valence-corrected chi connectivity index (χ1v) is 10.7. The molecule has 0 aliphatic carbocycles. The summed E-state index contributed by atoms with van der Waals surface area (Å²) >= 11 is 6.40. The van der Waals surface area contributed by atoms with Crippen LogP contribution < -0.4 is 4.74 Å². The molecule has 8 heteroatoms. The fourth-order valence-corrected chi connectivity index (χ4v) is 3.99. The van der Waals surface area contributed by atoms with Gasteiger partial charge in [0.2, 0.25) is 0 Å². The Labute approximate surface area is 185 Å². The van der Waals surface area contributed by atoms with Crippen molar-refractivity contribution < 1.29 is 34.6 Å². The van der Waals surface area contributed by atoms with E-state index < -0.39 is 37.1 Å². The molecule has 0 bridgehead atoms. The summed E-state index contributed by atoms with van der Waals surface area (Å²) in [6.45, 7) is 1.68. The van der Waals surface area contributed by atoms with E-state index in [0.29, 0.717) is 29.5 Å². The standard InChI is InChI=1S/C23H27ClO7/c24-18-6-3-15(23-22(28)21(27)20(26)19(9-25)31-23)8-16(18)7-13-1-4-17(5-2-13)30-12-14-10-29-11-14/h1-6,8,14,19-23,25-28H,7,9-12H2/t19?,20-,21+,22-,23+/m1/s1. The summed E-state index contributed by atoms with van der Waals surface area (Å²) in [5, 5.41) is 40.4. The molecule has 168 valence electrons. The predicted octanol–water partition coefficient (Wildman–Crippen LogP) is 1.47. The van der Waals surface area contributed by atoms with Crippen LogP contribution in [0.5, 0.6) is 5.75 Å². The zero-order valence-corrected chi connectivity index (χ0v) is 17.7. The van der Waals surface area contributed by atoms with Gasteiger partial charge in [-0.05, 0) is 41.3 Å². The molecule has 2 aromatic carbocycles. The van der Waals surface area contributed by atoms with Crippen LogP contribution in [0.4, 0.5) is 0 Å². The average Bonchev–Trinajstić information content (AvgIpc) is 2.74. The van der Waals surface area contributed by atoms with Crippen molar-refractivity contribution in [3.8, 4) is 5.75 Å². The molecule has 2 aliphatic rings. The Morgan fingerprint density at radius 1 is 0.968 bits per heavy atom. The van der Waals surface area contributed by atoms with Crippen molar-refractivity contribution in [3.05, 3.63) is 64.2 Å². The maximum absolute atomic E-state index is 10.4. The molecule has 4 rings (SSSR count). The molecule has 1 unspecified atom stereocenters. The summed E-state index contributed by atoms with van der Waals surface area (Å²) in [5.41, 5.74) is 2.47. The smallest absolute Gasteiger partial charge is 0.119 e. The van der Waals surface area contributed by atoms with E-state index in [2.05, 4.69) is 0 Å². The molecule has 0 saturated carbocycles. The fraction of sp³-hybridized carbons (Fsp3) is 0.478. The Morgan fingerprint density at radius 2 is 1.71 bits per heavy atom. The van der Waals surface area contributed by atoms with Crippen LogP contribution in [-0.4, -0.2) is 71.3 Å². The molecule has 4 N–H and O–H groups in total. The summed E-state index contributed by atoms with van der Waals surface area (Å²) in [6.07, 6.45) is -5.43.